The molecule has 0 aliphatic heterocycles. The minimum absolute atomic E-state index is 0.000276. The number of amides is 1. The van der Waals surface area contributed by atoms with Crippen molar-refractivity contribution in [1.29, 1.82) is 5.26 Å². The average molecular weight is 435 g/mol. The van der Waals surface area contributed by atoms with Crippen LogP contribution in [0, 0.1) is 11.3 Å². The van der Waals surface area contributed by atoms with E-state index in [0.717, 1.165) is 6.07 Å². The molecule has 2 aromatic heterocycles. The molecule has 11 heteroatoms. The van der Waals surface area contributed by atoms with E-state index in [0.29, 0.717) is 11.1 Å². The molecule has 0 aliphatic carbocycles. The van der Waals surface area contributed by atoms with Gasteiger partial charge in [0.1, 0.15) is 5.82 Å². The number of carbonyl (C=O) groups is 1. The van der Waals surface area contributed by atoms with Gasteiger partial charge in [0.05, 0.1) is 28.5 Å². The van der Waals surface area contributed by atoms with Crippen LogP contribution in [0.3, 0.4) is 0 Å². The number of nitrogens with zero attached hydrogens (tertiary/aromatic N) is 5. The highest BCUT2D eigenvalue weighted by molar-refractivity contribution is 6.05. The van der Waals surface area contributed by atoms with E-state index in [-0.39, 0.29) is 22.9 Å². The van der Waals surface area contributed by atoms with Crippen molar-refractivity contribution < 1.29 is 18.0 Å². The van der Waals surface area contributed by atoms with Gasteiger partial charge in [0.2, 0.25) is 5.82 Å². The molecule has 2 N–H and O–H groups in total. The lowest BCUT2D eigenvalue weighted by molar-refractivity contribution is -0.137. The Morgan fingerprint density at radius 1 is 1.06 bits per heavy atom. The Balaban J connectivity index is 1.88. The summed E-state index contributed by atoms with van der Waals surface area (Å²) in [5.41, 5.74) is -0.719. The zero-order chi connectivity index (χ0) is 22.7. The van der Waals surface area contributed by atoms with Crippen LogP contribution in [-0.2, 0) is 6.18 Å². The third-order valence-corrected chi connectivity index (χ3v) is 4.47. The van der Waals surface area contributed by atoms with Crippen LogP contribution in [-0.4, -0.2) is 31.5 Å². The van der Waals surface area contributed by atoms with Crippen molar-refractivity contribution in [1.82, 2.24) is 25.6 Å². The number of anilines is 1. The van der Waals surface area contributed by atoms with Crippen LogP contribution < -0.4 is 5.32 Å². The smallest absolute Gasteiger partial charge is 0.306 e. The van der Waals surface area contributed by atoms with Crippen molar-refractivity contribution >= 4 is 11.7 Å². The lowest BCUT2D eigenvalue weighted by Crippen LogP contribution is -2.17. The lowest BCUT2D eigenvalue weighted by Gasteiger charge is -2.17. The van der Waals surface area contributed by atoms with Crippen molar-refractivity contribution in [2.75, 3.05) is 5.32 Å². The first-order valence-corrected chi connectivity index (χ1v) is 9.10. The fourth-order valence-corrected chi connectivity index (χ4v) is 2.99. The molecule has 4 aromatic rings. The van der Waals surface area contributed by atoms with E-state index >= 15 is 0 Å². The Morgan fingerprint density at radius 2 is 1.78 bits per heavy atom. The second kappa shape index (κ2) is 8.27. The van der Waals surface area contributed by atoms with Gasteiger partial charge in [0, 0.05) is 11.1 Å². The Bertz CT molecular complexity index is 1300. The van der Waals surface area contributed by atoms with Crippen molar-refractivity contribution in [2.24, 2.45) is 0 Å². The van der Waals surface area contributed by atoms with E-state index in [1.807, 2.05) is 6.07 Å². The van der Waals surface area contributed by atoms with Gasteiger partial charge in [-0.15, -0.1) is 10.2 Å². The highest BCUT2D eigenvalue weighted by Crippen LogP contribution is 2.41. The number of alkyl halides is 3. The number of nitrogens with one attached hydrogen (secondary N) is 2. The molecule has 2 aromatic carbocycles. The van der Waals surface area contributed by atoms with E-state index in [2.05, 4.69) is 30.9 Å². The summed E-state index contributed by atoms with van der Waals surface area (Å²) in [7, 11) is 0. The number of halogens is 3. The second-order valence-electron chi connectivity index (χ2n) is 6.52. The Labute approximate surface area is 178 Å². The maximum absolute atomic E-state index is 14.0. The maximum Gasteiger partial charge on any atom is 0.417 e. The molecule has 1 amide bonds. The SMILES string of the molecule is N#Cc1ccc(C(=O)Nc2nc(-c3ccccc3)cc(C(F)(F)F)c2-c2nn[nH]n2)cc1. The molecular weight excluding hydrogens is 423 g/mol. The summed E-state index contributed by atoms with van der Waals surface area (Å²) < 4.78 is 42.0. The molecule has 0 spiro atoms. The minimum atomic E-state index is -4.80. The predicted octanol–water partition coefficient (Wildman–Crippen LogP) is 4.07. The molecule has 2 heterocycles. The van der Waals surface area contributed by atoms with Gasteiger partial charge in [-0.1, -0.05) is 30.3 Å². The number of hydrogen-bond donors (Lipinski definition) is 2. The molecule has 0 radical (unpaired) electrons. The first-order valence-electron chi connectivity index (χ1n) is 9.10. The largest absolute Gasteiger partial charge is 0.417 e. The van der Waals surface area contributed by atoms with Gasteiger partial charge in [-0.2, -0.15) is 23.6 Å². The second-order valence-corrected chi connectivity index (χ2v) is 6.52. The summed E-state index contributed by atoms with van der Waals surface area (Å²) in [6.45, 7) is 0. The molecular formula is C21H12F3N7O. The van der Waals surface area contributed by atoms with Gasteiger partial charge < -0.3 is 5.32 Å². The van der Waals surface area contributed by atoms with Gasteiger partial charge in [0.15, 0.2) is 0 Å². The number of H-pyrrole nitrogens is 1. The van der Waals surface area contributed by atoms with Gasteiger partial charge in [0.25, 0.3) is 5.91 Å². The summed E-state index contributed by atoms with van der Waals surface area (Å²) >= 11 is 0. The summed E-state index contributed by atoms with van der Waals surface area (Å²) in [5, 5.41) is 24.1. The molecule has 8 nitrogen and oxygen atoms in total. The van der Waals surface area contributed by atoms with E-state index < -0.39 is 23.2 Å². The van der Waals surface area contributed by atoms with Gasteiger partial charge in [-0.05, 0) is 35.5 Å². The Hall–Kier alpha value is -4.59. The van der Waals surface area contributed by atoms with Crippen LogP contribution >= 0.6 is 0 Å². The number of tetrazole rings is 1. The molecule has 0 saturated heterocycles. The van der Waals surface area contributed by atoms with Gasteiger partial charge in [-0.3, -0.25) is 4.79 Å². The number of carbonyl (C=O) groups excluding carboxylic acids is 1. The quantitative estimate of drug-likeness (QED) is 0.499. The average Bonchev–Trinajstić information content (AvgIpc) is 3.33. The molecule has 0 aliphatic rings. The minimum Gasteiger partial charge on any atom is -0.306 e. The third kappa shape index (κ3) is 4.15. The van der Waals surface area contributed by atoms with Crippen LogP contribution in [0.4, 0.5) is 19.0 Å². The number of aromatic amines is 1. The van der Waals surface area contributed by atoms with E-state index in [1.165, 1.54) is 24.3 Å². The van der Waals surface area contributed by atoms with E-state index in [1.54, 1.807) is 30.3 Å². The van der Waals surface area contributed by atoms with Gasteiger partial charge >= 0.3 is 6.18 Å². The third-order valence-electron chi connectivity index (χ3n) is 4.47. The maximum atomic E-state index is 14.0. The molecule has 4 rings (SSSR count). The first-order chi connectivity index (χ1) is 15.4. The topological polar surface area (TPSA) is 120 Å². The fraction of sp³-hybridized carbons (Fsp3) is 0.0476. The first kappa shape index (κ1) is 20.7. The molecule has 0 bridgehead atoms. The molecule has 158 valence electrons. The number of pyridine rings is 1. The molecule has 0 fully saturated rings. The number of aromatic nitrogens is 5. The summed E-state index contributed by atoms with van der Waals surface area (Å²) in [5.74, 6) is -1.47. The highest BCUT2D eigenvalue weighted by atomic mass is 19.4. The molecule has 0 unspecified atom stereocenters. The summed E-state index contributed by atoms with van der Waals surface area (Å²) in [6.07, 6.45) is -4.80. The van der Waals surface area contributed by atoms with Crippen LogP contribution in [0.15, 0.2) is 60.7 Å². The number of benzene rings is 2. The van der Waals surface area contributed by atoms with Crippen LogP contribution in [0.5, 0.6) is 0 Å². The molecule has 0 atom stereocenters. The number of hydrogen-bond acceptors (Lipinski definition) is 6. The number of nitriles is 1. The Kier molecular flexibility index (Phi) is 5.34. The van der Waals surface area contributed by atoms with Gasteiger partial charge in [-0.25, -0.2) is 4.98 Å². The highest BCUT2D eigenvalue weighted by Gasteiger charge is 2.38. The van der Waals surface area contributed by atoms with Crippen molar-refractivity contribution in [3.8, 4) is 28.7 Å². The van der Waals surface area contributed by atoms with Crippen LogP contribution in [0.2, 0.25) is 0 Å². The van der Waals surface area contributed by atoms with E-state index in [9.17, 15) is 18.0 Å². The number of rotatable bonds is 4. The standard InChI is InChI=1S/C21H12F3N7O/c22-21(23,24)15-10-16(13-4-2-1-3-5-13)26-18(17(15)19-28-30-31-29-19)27-20(32)14-8-6-12(11-25)7-9-14/h1-10H,(H,26,27,32)(H,28,29,30,31). The zero-order valence-electron chi connectivity index (χ0n) is 16.1. The van der Waals surface area contributed by atoms with Crippen molar-refractivity contribution in [3.63, 3.8) is 0 Å². The normalized spacial score (nSPS) is 11.1. The van der Waals surface area contributed by atoms with Crippen LogP contribution in [0.1, 0.15) is 21.5 Å². The lowest BCUT2D eigenvalue weighted by atomic mass is 10.0. The fourth-order valence-electron chi connectivity index (χ4n) is 2.99. The van der Waals surface area contributed by atoms with E-state index in [4.69, 9.17) is 5.26 Å². The molecule has 0 saturated carbocycles. The zero-order valence-corrected chi connectivity index (χ0v) is 16.1. The monoisotopic (exact) mass is 435 g/mol. The molecule has 32 heavy (non-hydrogen) atoms. The predicted molar refractivity (Wildman–Crippen MR) is 107 cm³/mol. The Morgan fingerprint density at radius 3 is 2.38 bits per heavy atom. The summed E-state index contributed by atoms with van der Waals surface area (Å²) in [4.78, 5) is 17.0. The van der Waals surface area contributed by atoms with Crippen molar-refractivity contribution in [2.45, 2.75) is 6.18 Å². The summed E-state index contributed by atoms with van der Waals surface area (Å²) in [6, 6.07) is 16.6. The van der Waals surface area contributed by atoms with Crippen LogP contribution in [0.25, 0.3) is 22.6 Å². The van der Waals surface area contributed by atoms with Crippen molar-refractivity contribution in [3.05, 3.63) is 77.4 Å².